The van der Waals surface area contributed by atoms with E-state index in [1.54, 1.807) is 0 Å². The highest BCUT2D eigenvalue weighted by Crippen LogP contribution is 2.27. The molecule has 2 rings (SSSR count). The number of halogens is 2. The van der Waals surface area contributed by atoms with E-state index in [0.29, 0.717) is 0 Å². The highest BCUT2D eigenvalue weighted by Gasteiger charge is 2.32. The number of nitrogen functional groups attached to an aromatic ring is 1. The summed E-state index contributed by atoms with van der Waals surface area (Å²) in [6.45, 7) is 0. The molecule has 5 nitrogen and oxygen atoms in total. The Morgan fingerprint density at radius 3 is 2.43 bits per heavy atom. The monoisotopic (exact) mass is 326 g/mol. The van der Waals surface area contributed by atoms with Crippen molar-refractivity contribution in [3.63, 3.8) is 0 Å². The molecular weight excluding hydrogens is 306 g/mol. The summed E-state index contributed by atoms with van der Waals surface area (Å²) in [5, 5.41) is 2.56. The number of ether oxygens (including phenoxy) is 1. The van der Waals surface area contributed by atoms with Gasteiger partial charge in [-0.15, -0.1) is 0 Å². The van der Waals surface area contributed by atoms with Gasteiger partial charge in [-0.3, -0.25) is 4.79 Å². The number of nitrogens with two attached hydrogens (primary N) is 1. The van der Waals surface area contributed by atoms with Crippen molar-refractivity contribution in [1.82, 2.24) is 5.32 Å². The Bertz CT molecular complexity index is 601. The van der Waals surface area contributed by atoms with E-state index in [1.807, 2.05) is 0 Å². The van der Waals surface area contributed by atoms with E-state index < -0.39 is 29.6 Å². The second-order valence-electron chi connectivity index (χ2n) is 5.73. The highest BCUT2D eigenvalue weighted by molar-refractivity contribution is 6.01. The standard InChI is InChI=1S/C16H20F2N2O3/c1-23-16(22)14(9-5-3-2-4-6-9)20-15(21)10-7-11(17)12(18)8-13(10)19/h7-9,14H,2-6,19H2,1H3,(H,20,21). The van der Waals surface area contributed by atoms with E-state index in [0.717, 1.165) is 44.2 Å². The van der Waals surface area contributed by atoms with Crippen LogP contribution in [0.3, 0.4) is 0 Å². The van der Waals surface area contributed by atoms with Gasteiger partial charge in [-0.2, -0.15) is 0 Å². The topological polar surface area (TPSA) is 81.4 Å². The van der Waals surface area contributed by atoms with Crippen LogP contribution in [-0.2, 0) is 9.53 Å². The van der Waals surface area contributed by atoms with Gasteiger partial charge < -0.3 is 15.8 Å². The molecule has 3 N–H and O–H groups in total. The number of esters is 1. The largest absolute Gasteiger partial charge is 0.467 e. The van der Waals surface area contributed by atoms with Gasteiger partial charge in [0.1, 0.15) is 6.04 Å². The number of nitrogens with one attached hydrogen (secondary N) is 1. The van der Waals surface area contributed by atoms with E-state index in [4.69, 9.17) is 10.5 Å². The number of hydrogen-bond acceptors (Lipinski definition) is 4. The van der Waals surface area contributed by atoms with Gasteiger partial charge >= 0.3 is 5.97 Å². The number of carbonyl (C=O) groups is 2. The van der Waals surface area contributed by atoms with Gasteiger partial charge in [0.05, 0.1) is 12.7 Å². The Morgan fingerprint density at radius 1 is 1.22 bits per heavy atom. The maximum Gasteiger partial charge on any atom is 0.328 e. The normalized spacial score (nSPS) is 16.7. The molecule has 7 heteroatoms. The Morgan fingerprint density at radius 2 is 1.83 bits per heavy atom. The van der Waals surface area contributed by atoms with Crippen molar-refractivity contribution in [3.05, 3.63) is 29.3 Å². The predicted molar refractivity (Wildman–Crippen MR) is 80.6 cm³/mol. The molecule has 1 saturated carbocycles. The number of hydrogen-bond donors (Lipinski definition) is 2. The first-order valence-electron chi connectivity index (χ1n) is 7.57. The van der Waals surface area contributed by atoms with Crippen molar-refractivity contribution in [2.45, 2.75) is 38.1 Å². The van der Waals surface area contributed by atoms with E-state index in [2.05, 4.69) is 5.32 Å². The van der Waals surface area contributed by atoms with Crippen molar-refractivity contribution in [2.75, 3.05) is 12.8 Å². The fourth-order valence-corrected chi connectivity index (χ4v) is 2.94. The maximum absolute atomic E-state index is 13.3. The molecule has 0 aromatic heterocycles. The van der Waals surface area contributed by atoms with Crippen LogP contribution in [0.5, 0.6) is 0 Å². The van der Waals surface area contributed by atoms with Crippen LogP contribution in [-0.4, -0.2) is 25.0 Å². The summed E-state index contributed by atoms with van der Waals surface area (Å²) in [4.78, 5) is 24.3. The Kier molecular flexibility index (Phi) is 5.52. The number of benzene rings is 1. The van der Waals surface area contributed by atoms with E-state index in [-0.39, 0.29) is 17.2 Å². The van der Waals surface area contributed by atoms with E-state index >= 15 is 0 Å². The molecule has 0 aliphatic heterocycles. The molecule has 0 radical (unpaired) electrons. The molecule has 1 aromatic rings. The van der Waals surface area contributed by atoms with Crippen LogP contribution >= 0.6 is 0 Å². The molecule has 1 fully saturated rings. The van der Waals surface area contributed by atoms with Gasteiger partial charge in [-0.1, -0.05) is 19.3 Å². The fraction of sp³-hybridized carbons (Fsp3) is 0.500. The molecule has 23 heavy (non-hydrogen) atoms. The lowest BCUT2D eigenvalue weighted by atomic mass is 9.83. The van der Waals surface area contributed by atoms with Crippen molar-refractivity contribution in [3.8, 4) is 0 Å². The van der Waals surface area contributed by atoms with Crippen LogP contribution in [0.25, 0.3) is 0 Å². The average molecular weight is 326 g/mol. The zero-order chi connectivity index (χ0) is 17.0. The highest BCUT2D eigenvalue weighted by atomic mass is 19.2. The summed E-state index contributed by atoms with van der Waals surface area (Å²) in [5.41, 5.74) is 5.18. The third-order valence-electron chi connectivity index (χ3n) is 4.20. The molecule has 1 aliphatic rings. The summed E-state index contributed by atoms with van der Waals surface area (Å²) in [6.07, 6.45) is 4.64. The molecule has 1 unspecified atom stereocenters. The number of carbonyl (C=O) groups excluding carboxylic acids is 2. The first kappa shape index (κ1) is 17.2. The van der Waals surface area contributed by atoms with Crippen LogP contribution in [0.15, 0.2) is 12.1 Å². The average Bonchev–Trinajstić information content (AvgIpc) is 2.55. The van der Waals surface area contributed by atoms with Crippen LogP contribution in [0.1, 0.15) is 42.5 Å². The van der Waals surface area contributed by atoms with Crippen molar-refractivity contribution in [1.29, 1.82) is 0 Å². The molecule has 0 spiro atoms. The molecule has 126 valence electrons. The Balaban J connectivity index is 2.20. The van der Waals surface area contributed by atoms with Crippen LogP contribution < -0.4 is 11.1 Å². The van der Waals surface area contributed by atoms with E-state index in [1.165, 1.54) is 7.11 Å². The molecule has 1 atom stereocenters. The Labute approximate surface area is 133 Å². The predicted octanol–water partition coefficient (Wildman–Crippen LogP) is 2.40. The summed E-state index contributed by atoms with van der Waals surface area (Å²) in [5.74, 6) is -3.60. The van der Waals surface area contributed by atoms with Gasteiger partial charge in [0.15, 0.2) is 11.6 Å². The van der Waals surface area contributed by atoms with Crippen LogP contribution in [0.4, 0.5) is 14.5 Å². The quantitative estimate of drug-likeness (QED) is 0.657. The van der Waals surface area contributed by atoms with Crippen molar-refractivity contribution >= 4 is 17.6 Å². The minimum absolute atomic E-state index is 0.0355. The minimum atomic E-state index is -1.17. The van der Waals surface area contributed by atoms with Crippen LogP contribution in [0, 0.1) is 17.6 Å². The minimum Gasteiger partial charge on any atom is -0.467 e. The van der Waals surface area contributed by atoms with Crippen molar-refractivity contribution < 1.29 is 23.1 Å². The molecule has 0 heterocycles. The number of amides is 1. The zero-order valence-electron chi connectivity index (χ0n) is 12.9. The van der Waals surface area contributed by atoms with E-state index in [9.17, 15) is 18.4 Å². The van der Waals surface area contributed by atoms with Gasteiger partial charge in [0.2, 0.25) is 0 Å². The third-order valence-corrected chi connectivity index (χ3v) is 4.20. The molecule has 0 saturated heterocycles. The molecule has 1 amide bonds. The lowest BCUT2D eigenvalue weighted by Crippen LogP contribution is -2.47. The first-order valence-corrected chi connectivity index (χ1v) is 7.57. The number of methoxy groups -OCH3 is 1. The summed E-state index contributed by atoms with van der Waals surface area (Å²) in [6, 6.07) is 0.660. The maximum atomic E-state index is 13.3. The molecule has 1 aromatic carbocycles. The lowest BCUT2D eigenvalue weighted by Gasteiger charge is -2.29. The summed E-state index contributed by atoms with van der Waals surface area (Å²) >= 11 is 0. The number of rotatable bonds is 4. The molecule has 0 bridgehead atoms. The van der Waals surface area contributed by atoms with Gasteiger partial charge in [-0.25, -0.2) is 13.6 Å². The Hall–Kier alpha value is -2.18. The number of anilines is 1. The SMILES string of the molecule is COC(=O)C(NC(=O)c1cc(F)c(F)cc1N)C1CCCCC1. The van der Waals surface area contributed by atoms with Crippen molar-refractivity contribution in [2.24, 2.45) is 5.92 Å². The van der Waals surface area contributed by atoms with Gasteiger partial charge in [0, 0.05) is 11.8 Å². The summed E-state index contributed by atoms with van der Waals surface area (Å²) < 4.78 is 31.2. The third kappa shape index (κ3) is 3.97. The second kappa shape index (κ2) is 7.39. The zero-order valence-corrected chi connectivity index (χ0v) is 12.9. The van der Waals surface area contributed by atoms with Gasteiger partial charge in [0.25, 0.3) is 5.91 Å². The van der Waals surface area contributed by atoms with Gasteiger partial charge in [-0.05, 0) is 24.8 Å². The smallest absolute Gasteiger partial charge is 0.328 e. The first-order chi connectivity index (χ1) is 10.9. The molecular formula is C16H20F2N2O3. The lowest BCUT2D eigenvalue weighted by molar-refractivity contribution is -0.144. The second-order valence-corrected chi connectivity index (χ2v) is 5.73. The molecule has 1 aliphatic carbocycles. The fourth-order valence-electron chi connectivity index (χ4n) is 2.94. The van der Waals surface area contributed by atoms with Crippen LogP contribution in [0.2, 0.25) is 0 Å². The summed E-state index contributed by atoms with van der Waals surface area (Å²) in [7, 11) is 1.25.